The Labute approximate surface area is 103 Å². The van der Waals surface area contributed by atoms with Gasteiger partial charge < -0.3 is 5.11 Å². The number of halogens is 4. The van der Waals surface area contributed by atoms with Gasteiger partial charge in [-0.1, -0.05) is 6.07 Å². The van der Waals surface area contributed by atoms with Gasteiger partial charge in [-0.3, -0.25) is 0 Å². The van der Waals surface area contributed by atoms with Crippen molar-refractivity contribution in [3.63, 3.8) is 0 Å². The molecule has 16 heavy (non-hydrogen) atoms. The van der Waals surface area contributed by atoms with Crippen LogP contribution in [0.25, 0.3) is 6.08 Å². The van der Waals surface area contributed by atoms with Crippen molar-refractivity contribution in [2.24, 2.45) is 0 Å². The summed E-state index contributed by atoms with van der Waals surface area (Å²) in [4.78, 5) is 10.2. The maximum Gasteiger partial charge on any atom is 0.417 e. The molecule has 1 N–H and O–H groups in total. The summed E-state index contributed by atoms with van der Waals surface area (Å²) in [7, 11) is 0. The van der Waals surface area contributed by atoms with Gasteiger partial charge in [0, 0.05) is 9.65 Å². The lowest BCUT2D eigenvalue weighted by atomic mass is 10.1. The highest BCUT2D eigenvalue weighted by Crippen LogP contribution is 2.33. The third-order valence-corrected chi connectivity index (χ3v) is 2.65. The highest BCUT2D eigenvalue weighted by Gasteiger charge is 2.32. The molecule has 0 aliphatic rings. The van der Waals surface area contributed by atoms with Gasteiger partial charge in [0.2, 0.25) is 0 Å². The van der Waals surface area contributed by atoms with Crippen LogP contribution >= 0.6 is 22.6 Å². The van der Waals surface area contributed by atoms with Crippen molar-refractivity contribution in [1.29, 1.82) is 0 Å². The minimum atomic E-state index is -4.43. The Balaban J connectivity index is 3.13. The van der Waals surface area contributed by atoms with Crippen LogP contribution in [-0.4, -0.2) is 11.1 Å². The summed E-state index contributed by atoms with van der Waals surface area (Å²) in [5.41, 5.74) is -0.559. The van der Waals surface area contributed by atoms with Crippen LogP contribution in [0.3, 0.4) is 0 Å². The first kappa shape index (κ1) is 13.0. The topological polar surface area (TPSA) is 37.3 Å². The lowest BCUT2D eigenvalue weighted by Crippen LogP contribution is -2.07. The molecule has 2 nitrogen and oxygen atoms in total. The monoisotopic (exact) mass is 342 g/mol. The average molecular weight is 342 g/mol. The number of benzene rings is 1. The molecule has 0 unspecified atom stereocenters. The Hall–Kier alpha value is -1.05. The van der Waals surface area contributed by atoms with E-state index < -0.39 is 17.7 Å². The van der Waals surface area contributed by atoms with E-state index in [1.807, 2.05) is 0 Å². The Kier molecular flexibility index (Phi) is 3.95. The zero-order chi connectivity index (χ0) is 12.3. The predicted octanol–water partition coefficient (Wildman–Crippen LogP) is 3.41. The highest BCUT2D eigenvalue weighted by atomic mass is 127. The van der Waals surface area contributed by atoms with Crippen molar-refractivity contribution < 1.29 is 23.1 Å². The zero-order valence-corrected chi connectivity index (χ0v) is 9.91. The molecule has 0 amide bonds. The van der Waals surface area contributed by atoms with E-state index in [-0.39, 0.29) is 9.13 Å². The smallest absolute Gasteiger partial charge is 0.417 e. The minimum Gasteiger partial charge on any atom is -0.478 e. The molecule has 1 aromatic rings. The Morgan fingerprint density at radius 3 is 2.50 bits per heavy atom. The van der Waals surface area contributed by atoms with Gasteiger partial charge in [-0.05, 0) is 46.4 Å². The predicted molar refractivity (Wildman–Crippen MR) is 60.8 cm³/mol. The lowest BCUT2D eigenvalue weighted by Gasteiger charge is -2.09. The van der Waals surface area contributed by atoms with Gasteiger partial charge in [-0.15, -0.1) is 0 Å². The second-order valence-electron chi connectivity index (χ2n) is 2.91. The quantitative estimate of drug-likeness (QED) is 0.661. The molecule has 0 aromatic heterocycles. The van der Waals surface area contributed by atoms with Crippen LogP contribution in [0.1, 0.15) is 11.1 Å². The molecule has 0 spiro atoms. The van der Waals surface area contributed by atoms with E-state index in [4.69, 9.17) is 5.11 Å². The number of alkyl halides is 3. The lowest BCUT2D eigenvalue weighted by molar-refractivity contribution is -0.138. The fourth-order valence-electron chi connectivity index (χ4n) is 1.03. The highest BCUT2D eigenvalue weighted by molar-refractivity contribution is 14.1. The normalized spacial score (nSPS) is 12.0. The molecule has 1 rings (SSSR count). The van der Waals surface area contributed by atoms with Crippen LogP contribution in [0.4, 0.5) is 13.2 Å². The average Bonchev–Trinajstić information content (AvgIpc) is 2.14. The molecule has 0 aliphatic carbocycles. The van der Waals surface area contributed by atoms with Crippen LogP contribution in [0.15, 0.2) is 24.3 Å². The minimum absolute atomic E-state index is 0.0811. The number of aliphatic carboxylic acids is 1. The van der Waals surface area contributed by atoms with Crippen LogP contribution in [0.5, 0.6) is 0 Å². The molecule has 86 valence electrons. The first-order valence-electron chi connectivity index (χ1n) is 4.08. The maximum absolute atomic E-state index is 12.5. The summed E-state index contributed by atoms with van der Waals surface area (Å²) in [5, 5.41) is 8.35. The molecule has 6 heteroatoms. The largest absolute Gasteiger partial charge is 0.478 e. The van der Waals surface area contributed by atoms with Crippen LogP contribution in [-0.2, 0) is 11.0 Å². The van der Waals surface area contributed by atoms with Gasteiger partial charge in [-0.2, -0.15) is 13.2 Å². The van der Waals surface area contributed by atoms with E-state index in [1.54, 1.807) is 22.6 Å². The van der Waals surface area contributed by atoms with E-state index in [9.17, 15) is 18.0 Å². The number of carboxylic acids is 1. The van der Waals surface area contributed by atoms with Gasteiger partial charge >= 0.3 is 12.1 Å². The third-order valence-electron chi connectivity index (χ3n) is 1.71. The Bertz CT molecular complexity index is 438. The fraction of sp³-hybridized carbons (Fsp3) is 0.100. The SMILES string of the molecule is O=C(O)/C=C/c1ccc(I)c(C(F)(F)F)c1. The number of hydrogen-bond donors (Lipinski definition) is 1. The van der Waals surface area contributed by atoms with Crippen LogP contribution < -0.4 is 0 Å². The standard InChI is InChI=1S/C10H6F3IO2/c11-10(12,13)7-5-6(1-3-8(7)14)2-4-9(15)16/h1-5H,(H,15,16)/b4-2+. The van der Waals surface area contributed by atoms with Crippen molar-refractivity contribution in [3.05, 3.63) is 39.0 Å². The van der Waals surface area contributed by atoms with Gasteiger partial charge in [0.15, 0.2) is 0 Å². The van der Waals surface area contributed by atoms with Crippen molar-refractivity contribution >= 4 is 34.6 Å². The summed E-state index contributed by atoms with van der Waals surface area (Å²) in [6.07, 6.45) is -2.51. The Morgan fingerprint density at radius 2 is 2.00 bits per heavy atom. The molecule has 0 saturated heterocycles. The van der Waals surface area contributed by atoms with E-state index in [2.05, 4.69) is 0 Å². The molecule has 0 radical (unpaired) electrons. The molecule has 0 aliphatic heterocycles. The molecular weight excluding hydrogens is 336 g/mol. The van der Waals surface area contributed by atoms with E-state index in [0.717, 1.165) is 18.2 Å². The first-order chi connectivity index (χ1) is 7.30. The molecule has 0 heterocycles. The number of carboxylic acid groups (broad SMARTS) is 1. The van der Waals surface area contributed by atoms with Crippen LogP contribution in [0, 0.1) is 3.57 Å². The molecule has 0 bridgehead atoms. The van der Waals surface area contributed by atoms with E-state index in [0.29, 0.717) is 0 Å². The van der Waals surface area contributed by atoms with Crippen molar-refractivity contribution in [1.82, 2.24) is 0 Å². The van der Waals surface area contributed by atoms with Gasteiger partial charge in [0.05, 0.1) is 5.56 Å². The maximum atomic E-state index is 12.5. The summed E-state index contributed by atoms with van der Waals surface area (Å²) in [6.45, 7) is 0. The van der Waals surface area contributed by atoms with Crippen molar-refractivity contribution in [3.8, 4) is 0 Å². The second-order valence-corrected chi connectivity index (χ2v) is 4.07. The number of hydrogen-bond acceptors (Lipinski definition) is 1. The summed E-state index contributed by atoms with van der Waals surface area (Å²) in [6, 6.07) is 3.64. The van der Waals surface area contributed by atoms with Crippen molar-refractivity contribution in [2.75, 3.05) is 0 Å². The van der Waals surface area contributed by atoms with Crippen LogP contribution in [0.2, 0.25) is 0 Å². The van der Waals surface area contributed by atoms with E-state index >= 15 is 0 Å². The molecule has 1 aromatic carbocycles. The first-order valence-corrected chi connectivity index (χ1v) is 5.16. The summed E-state index contributed by atoms with van der Waals surface area (Å²) >= 11 is 1.58. The zero-order valence-electron chi connectivity index (χ0n) is 7.75. The Morgan fingerprint density at radius 1 is 1.38 bits per heavy atom. The van der Waals surface area contributed by atoms with Gasteiger partial charge in [0.1, 0.15) is 0 Å². The molecular formula is C10H6F3IO2. The molecule has 0 fully saturated rings. The molecule has 0 saturated carbocycles. The van der Waals surface area contributed by atoms with E-state index in [1.165, 1.54) is 12.1 Å². The van der Waals surface area contributed by atoms with Gasteiger partial charge in [-0.25, -0.2) is 4.79 Å². The molecule has 0 atom stereocenters. The van der Waals surface area contributed by atoms with Crippen molar-refractivity contribution in [2.45, 2.75) is 6.18 Å². The number of carbonyl (C=O) groups is 1. The van der Waals surface area contributed by atoms with Gasteiger partial charge in [0.25, 0.3) is 0 Å². The third kappa shape index (κ3) is 3.51. The summed E-state index contributed by atoms with van der Waals surface area (Å²) < 4.78 is 37.5. The number of rotatable bonds is 2. The summed E-state index contributed by atoms with van der Waals surface area (Å²) in [5.74, 6) is -1.20. The second kappa shape index (κ2) is 4.86. The fourth-order valence-corrected chi connectivity index (χ4v) is 1.67.